The molecule has 1 saturated heterocycles. The minimum Gasteiger partial charge on any atom is -0.397 e. The summed E-state index contributed by atoms with van der Waals surface area (Å²) in [5, 5.41) is 0. The van der Waals surface area contributed by atoms with Crippen LogP contribution in [0, 0.1) is 11.6 Å². The summed E-state index contributed by atoms with van der Waals surface area (Å²) in [6, 6.07) is 2.27. The van der Waals surface area contributed by atoms with E-state index in [2.05, 4.69) is 0 Å². The quantitative estimate of drug-likeness (QED) is 0.767. The monoisotopic (exact) mass is 242 g/mol. The summed E-state index contributed by atoms with van der Waals surface area (Å²) >= 11 is 0. The lowest BCUT2D eigenvalue weighted by Gasteiger charge is -2.39. The van der Waals surface area contributed by atoms with Gasteiger partial charge in [0.2, 0.25) is 0 Å². The van der Waals surface area contributed by atoms with Crippen LogP contribution >= 0.6 is 0 Å². The molecule has 0 amide bonds. The molecule has 1 aliphatic heterocycles. The highest BCUT2D eigenvalue weighted by molar-refractivity contribution is 5.68. The minimum absolute atomic E-state index is 0.0544. The summed E-state index contributed by atoms with van der Waals surface area (Å²) in [6.07, 6.45) is 0.0544. The SMILES string of the molecule is CC1CN(c2cc(F)c(F)cc2N)C(C)CO1. The molecule has 2 rings (SSSR count). The van der Waals surface area contributed by atoms with Gasteiger partial charge in [0.1, 0.15) is 0 Å². The second kappa shape index (κ2) is 4.49. The van der Waals surface area contributed by atoms with E-state index in [9.17, 15) is 8.78 Å². The van der Waals surface area contributed by atoms with Crippen molar-refractivity contribution in [3.05, 3.63) is 23.8 Å². The number of hydrogen-bond acceptors (Lipinski definition) is 3. The van der Waals surface area contributed by atoms with E-state index < -0.39 is 11.6 Å². The van der Waals surface area contributed by atoms with Crippen LogP contribution in [-0.4, -0.2) is 25.3 Å². The summed E-state index contributed by atoms with van der Waals surface area (Å²) in [6.45, 7) is 5.08. The Bertz CT molecular complexity index is 425. The van der Waals surface area contributed by atoms with Crippen LogP contribution in [0.3, 0.4) is 0 Å². The molecule has 1 aromatic rings. The predicted octanol–water partition coefficient (Wildman–Crippen LogP) is 2.16. The molecule has 1 fully saturated rings. The zero-order valence-corrected chi connectivity index (χ0v) is 9.91. The Labute approximate surface area is 99.2 Å². The number of nitrogen functional groups attached to an aromatic ring is 1. The van der Waals surface area contributed by atoms with Crippen LogP contribution in [0.5, 0.6) is 0 Å². The Balaban J connectivity index is 2.35. The summed E-state index contributed by atoms with van der Waals surface area (Å²) in [4.78, 5) is 1.95. The van der Waals surface area contributed by atoms with Gasteiger partial charge in [0.05, 0.1) is 24.1 Å². The van der Waals surface area contributed by atoms with Crippen molar-refractivity contribution in [2.45, 2.75) is 26.0 Å². The normalized spacial score (nSPS) is 25.1. The van der Waals surface area contributed by atoms with Crippen LogP contribution in [0.2, 0.25) is 0 Å². The maximum Gasteiger partial charge on any atom is 0.161 e. The van der Waals surface area contributed by atoms with Gasteiger partial charge in [-0.25, -0.2) is 8.78 Å². The number of nitrogens with two attached hydrogens (primary N) is 1. The number of hydrogen-bond donors (Lipinski definition) is 1. The van der Waals surface area contributed by atoms with Gasteiger partial charge >= 0.3 is 0 Å². The van der Waals surface area contributed by atoms with Gasteiger partial charge in [0, 0.05) is 24.7 Å². The first-order valence-electron chi connectivity index (χ1n) is 5.61. The first-order chi connectivity index (χ1) is 7.99. The third-order valence-electron chi connectivity index (χ3n) is 2.99. The fourth-order valence-electron chi connectivity index (χ4n) is 2.04. The molecule has 3 nitrogen and oxygen atoms in total. The first-order valence-corrected chi connectivity index (χ1v) is 5.61. The first kappa shape index (κ1) is 12.1. The van der Waals surface area contributed by atoms with Crippen LogP contribution in [-0.2, 0) is 4.74 Å². The Hall–Kier alpha value is -1.36. The van der Waals surface area contributed by atoms with E-state index in [-0.39, 0.29) is 17.8 Å². The molecule has 2 N–H and O–H groups in total. The lowest BCUT2D eigenvalue weighted by Crippen LogP contribution is -2.47. The zero-order valence-electron chi connectivity index (χ0n) is 9.91. The number of morpholine rings is 1. The Morgan fingerprint density at radius 1 is 1.29 bits per heavy atom. The van der Waals surface area contributed by atoms with Crippen LogP contribution < -0.4 is 10.6 Å². The Morgan fingerprint density at radius 2 is 1.94 bits per heavy atom. The van der Waals surface area contributed by atoms with Crippen molar-refractivity contribution in [1.82, 2.24) is 0 Å². The molecule has 5 heteroatoms. The smallest absolute Gasteiger partial charge is 0.161 e. The molecule has 1 aliphatic rings. The summed E-state index contributed by atoms with van der Waals surface area (Å²) in [7, 11) is 0. The summed E-state index contributed by atoms with van der Waals surface area (Å²) < 4.78 is 31.7. The number of anilines is 2. The molecular formula is C12H16F2N2O. The highest BCUT2D eigenvalue weighted by Gasteiger charge is 2.25. The standard InChI is InChI=1S/C12H16F2N2O/c1-7-6-17-8(2)5-16(7)12-4-10(14)9(13)3-11(12)15/h3-4,7-8H,5-6,15H2,1-2H3. The molecule has 2 atom stereocenters. The van der Waals surface area contributed by atoms with E-state index in [1.165, 1.54) is 0 Å². The maximum absolute atomic E-state index is 13.2. The van der Waals surface area contributed by atoms with Gasteiger partial charge in [0.15, 0.2) is 11.6 Å². The largest absolute Gasteiger partial charge is 0.397 e. The Morgan fingerprint density at radius 3 is 2.65 bits per heavy atom. The molecule has 17 heavy (non-hydrogen) atoms. The molecule has 0 aromatic heterocycles. The average Bonchev–Trinajstić information content (AvgIpc) is 2.27. The van der Waals surface area contributed by atoms with Crippen molar-refractivity contribution in [2.24, 2.45) is 0 Å². The second-order valence-electron chi connectivity index (χ2n) is 4.47. The molecule has 94 valence electrons. The third-order valence-corrected chi connectivity index (χ3v) is 2.99. The molecule has 0 bridgehead atoms. The second-order valence-corrected chi connectivity index (χ2v) is 4.47. The number of ether oxygens (including phenoxy) is 1. The van der Waals surface area contributed by atoms with Crippen LogP contribution in [0.1, 0.15) is 13.8 Å². The fraction of sp³-hybridized carbons (Fsp3) is 0.500. The molecular weight excluding hydrogens is 226 g/mol. The van der Waals surface area contributed by atoms with Crippen molar-refractivity contribution >= 4 is 11.4 Å². The van der Waals surface area contributed by atoms with E-state index in [0.29, 0.717) is 18.8 Å². The van der Waals surface area contributed by atoms with E-state index in [4.69, 9.17) is 10.5 Å². The van der Waals surface area contributed by atoms with Gasteiger partial charge in [0.25, 0.3) is 0 Å². The molecule has 0 spiro atoms. The Kier molecular flexibility index (Phi) is 3.19. The lowest BCUT2D eigenvalue weighted by atomic mass is 10.1. The molecule has 1 heterocycles. The molecule has 0 saturated carbocycles. The number of benzene rings is 1. The van der Waals surface area contributed by atoms with Crippen molar-refractivity contribution in [1.29, 1.82) is 0 Å². The van der Waals surface area contributed by atoms with Crippen molar-refractivity contribution in [3.63, 3.8) is 0 Å². The lowest BCUT2D eigenvalue weighted by molar-refractivity contribution is 0.0344. The van der Waals surface area contributed by atoms with Gasteiger partial charge in [-0.05, 0) is 13.8 Å². The summed E-state index contributed by atoms with van der Waals surface area (Å²) in [5.74, 6) is -1.79. The maximum atomic E-state index is 13.2. The van der Waals surface area contributed by atoms with Crippen molar-refractivity contribution in [3.8, 4) is 0 Å². The van der Waals surface area contributed by atoms with Gasteiger partial charge in [-0.1, -0.05) is 0 Å². The number of nitrogens with zero attached hydrogens (tertiary/aromatic N) is 1. The third kappa shape index (κ3) is 2.34. The van der Waals surface area contributed by atoms with Gasteiger partial charge < -0.3 is 15.4 Å². The van der Waals surface area contributed by atoms with Crippen LogP contribution in [0.15, 0.2) is 12.1 Å². The van der Waals surface area contributed by atoms with Gasteiger partial charge in [-0.15, -0.1) is 0 Å². The molecule has 1 aromatic carbocycles. The number of rotatable bonds is 1. The van der Waals surface area contributed by atoms with Crippen LogP contribution in [0.25, 0.3) is 0 Å². The van der Waals surface area contributed by atoms with Crippen LogP contribution in [0.4, 0.5) is 20.2 Å². The predicted molar refractivity (Wildman–Crippen MR) is 63.0 cm³/mol. The number of halogens is 2. The van der Waals surface area contributed by atoms with Crippen molar-refractivity contribution < 1.29 is 13.5 Å². The fourth-order valence-corrected chi connectivity index (χ4v) is 2.04. The summed E-state index contributed by atoms with van der Waals surface area (Å²) in [5.41, 5.74) is 6.53. The van der Waals surface area contributed by atoms with Gasteiger partial charge in [-0.3, -0.25) is 0 Å². The molecule has 0 aliphatic carbocycles. The highest BCUT2D eigenvalue weighted by Crippen LogP contribution is 2.29. The molecule has 2 unspecified atom stereocenters. The van der Waals surface area contributed by atoms with E-state index in [1.807, 2.05) is 18.7 Å². The zero-order chi connectivity index (χ0) is 12.6. The van der Waals surface area contributed by atoms with E-state index in [1.54, 1.807) is 0 Å². The average molecular weight is 242 g/mol. The highest BCUT2D eigenvalue weighted by atomic mass is 19.2. The molecule has 0 radical (unpaired) electrons. The topological polar surface area (TPSA) is 38.5 Å². The van der Waals surface area contributed by atoms with Gasteiger partial charge in [-0.2, -0.15) is 0 Å². The van der Waals surface area contributed by atoms with E-state index >= 15 is 0 Å². The van der Waals surface area contributed by atoms with Crippen molar-refractivity contribution in [2.75, 3.05) is 23.8 Å². The minimum atomic E-state index is -0.916. The van der Waals surface area contributed by atoms with E-state index in [0.717, 1.165) is 12.1 Å².